The molecule has 2 N–H and O–H groups in total. The molecule has 0 aromatic heterocycles. The molecule has 0 saturated carbocycles. The van der Waals surface area contributed by atoms with Crippen LogP contribution in [0.4, 0.5) is 11.4 Å². The Morgan fingerprint density at radius 2 is 1.88 bits per heavy atom. The van der Waals surface area contributed by atoms with Crippen molar-refractivity contribution in [2.24, 2.45) is 0 Å². The van der Waals surface area contributed by atoms with Gasteiger partial charge in [0.2, 0.25) is 0 Å². The molecule has 0 fully saturated rings. The molecule has 0 heterocycles. The van der Waals surface area contributed by atoms with Crippen molar-refractivity contribution < 1.29 is 15.1 Å². The van der Waals surface area contributed by atoms with Gasteiger partial charge < -0.3 is 15.1 Å². The fraction of sp³-hybridized carbons (Fsp3) is 0.400. The van der Waals surface area contributed by atoms with Crippen LogP contribution in [0.15, 0.2) is 18.2 Å². The molecule has 1 aromatic carbocycles. The molecule has 1 aromatic rings. The molecule has 0 unspecified atom stereocenters. The molecule has 0 aliphatic carbocycles. The summed E-state index contributed by atoms with van der Waals surface area (Å²) in [6.07, 6.45) is 0. The molecule has 0 spiro atoms. The summed E-state index contributed by atoms with van der Waals surface area (Å²) in [5.41, 5.74) is 0.196. The van der Waals surface area contributed by atoms with Crippen LogP contribution in [0.5, 0.6) is 0 Å². The van der Waals surface area contributed by atoms with Gasteiger partial charge in [-0.15, -0.1) is 0 Å². The maximum atomic E-state index is 10.9. The Kier molecular flexibility index (Phi) is 5.14. The molecule has 0 bridgehead atoms. The van der Waals surface area contributed by atoms with Crippen molar-refractivity contribution in [2.45, 2.75) is 0 Å². The smallest absolute Gasteiger partial charge is 0.294 e. The van der Waals surface area contributed by atoms with Crippen molar-refractivity contribution in [3.63, 3.8) is 0 Å². The summed E-state index contributed by atoms with van der Waals surface area (Å²) in [6.45, 7) is 0.117. The van der Waals surface area contributed by atoms with Gasteiger partial charge in [0.05, 0.1) is 18.1 Å². The average Bonchev–Trinajstić information content (AvgIpc) is 2.28. The molecule has 7 heteroatoms. The maximum Gasteiger partial charge on any atom is 0.294 e. The van der Waals surface area contributed by atoms with Crippen LogP contribution >= 0.6 is 11.6 Å². The highest BCUT2D eigenvalue weighted by Gasteiger charge is 2.19. The zero-order valence-corrected chi connectivity index (χ0v) is 9.80. The van der Waals surface area contributed by atoms with Gasteiger partial charge in [-0.2, -0.15) is 0 Å². The number of aliphatic hydroxyl groups is 2. The molecule has 0 aliphatic rings. The van der Waals surface area contributed by atoms with Crippen molar-refractivity contribution in [1.29, 1.82) is 0 Å². The minimum absolute atomic E-state index is 0.139. The van der Waals surface area contributed by atoms with Crippen LogP contribution in [0, 0.1) is 10.1 Å². The lowest BCUT2D eigenvalue weighted by Gasteiger charge is -2.22. The molecule has 0 atom stereocenters. The van der Waals surface area contributed by atoms with Crippen molar-refractivity contribution in [2.75, 3.05) is 31.2 Å². The number of benzene rings is 1. The lowest BCUT2D eigenvalue weighted by atomic mass is 10.2. The van der Waals surface area contributed by atoms with Crippen molar-refractivity contribution in [1.82, 2.24) is 0 Å². The Labute approximate surface area is 103 Å². The molecule has 6 nitrogen and oxygen atoms in total. The van der Waals surface area contributed by atoms with E-state index in [0.29, 0.717) is 5.69 Å². The summed E-state index contributed by atoms with van der Waals surface area (Å²) >= 11 is 5.70. The quantitative estimate of drug-likeness (QED) is 0.589. The van der Waals surface area contributed by atoms with Crippen LogP contribution in [0.1, 0.15) is 0 Å². The summed E-state index contributed by atoms with van der Waals surface area (Å²) in [7, 11) is 0. The van der Waals surface area contributed by atoms with Gasteiger partial charge in [0.25, 0.3) is 5.69 Å². The first-order valence-corrected chi connectivity index (χ1v) is 5.38. The summed E-state index contributed by atoms with van der Waals surface area (Å²) < 4.78 is 0. The van der Waals surface area contributed by atoms with Gasteiger partial charge in [-0.3, -0.25) is 10.1 Å². The van der Waals surface area contributed by atoms with E-state index in [1.54, 1.807) is 0 Å². The summed E-state index contributed by atoms with van der Waals surface area (Å²) in [6, 6.07) is 4.29. The number of nitro benzene ring substituents is 1. The molecule has 0 aliphatic heterocycles. The van der Waals surface area contributed by atoms with E-state index in [2.05, 4.69) is 0 Å². The minimum atomic E-state index is -0.539. The highest BCUT2D eigenvalue weighted by molar-refractivity contribution is 6.30. The van der Waals surface area contributed by atoms with E-state index in [4.69, 9.17) is 21.8 Å². The van der Waals surface area contributed by atoms with E-state index >= 15 is 0 Å². The fourth-order valence-electron chi connectivity index (χ4n) is 1.50. The largest absolute Gasteiger partial charge is 0.395 e. The zero-order chi connectivity index (χ0) is 12.8. The first kappa shape index (κ1) is 13.7. The van der Waals surface area contributed by atoms with Crippen molar-refractivity contribution in [3.8, 4) is 0 Å². The number of nitro groups is 1. The highest BCUT2D eigenvalue weighted by Crippen LogP contribution is 2.30. The lowest BCUT2D eigenvalue weighted by Crippen LogP contribution is -2.30. The minimum Gasteiger partial charge on any atom is -0.395 e. The molecular formula is C10H13ClN2O4. The standard InChI is InChI=1S/C10H13ClN2O4/c11-8-1-2-9(10(7-8)13(16)17)12(3-5-14)4-6-15/h1-2,7,14-15H,3-6H2. The number of halogens is 1. The van der Waals surface area contributed by atoms with Crippen LogP contribution in [0.25, 0.3) is 0 Å². The van der Waals surface area contributed by atoms with Crippen LogP contribution in [-0.2, 0) is 0 Å². The average molecular weight is 261 g/mol. The van der Waals surface area contributed by atoms with Gasteiger partial charge in [-0.1, -0.05) is 11.6 Å². The molecule has 94 valence electrons. The first-order valence-electron chi connectivity index (χ1n) is 5.00. The molecular weight excluding hydrogens is 248 g/mol. The Morgan fingerprint density at radius 1 is 1.29 bits per heavy atom. The van der Waals surface area contributed by atoms with E-state index < -0.39 is 4.92 Å². The fourth-order valence-corrected chi connectivity index (χ4v) is 1.67. The second-order valence-corrected chi connectivity index (χ2v) is 3.76. The number of nitrogens with zero attached hydrogens (tertiary/aromatic N) is 2. The van der Waals surface area contributed by atoms with Crippen LogP contribution in [-0.4, -0.2) is 41.4 Å². The third-order valence-electron chi connectivity index (χ3n) is 2.21. The number of anilines is 1. The third-order valence-corrected chi connectivity index (χ3v) is 2.45. The number of hydrogen-bond donors (Lipinski definition) is 2. The Balaban J connectivity index is 3.12. The van der Waals surface area contributed by atoms with Crippen LogP contribution in [0.2, 0.25) is 5.02 Å². The van der Waals surface area contributed by atoms with Gasteiger partial charge in [0.1, 0.15) is 5.69 Å². The van der Waals surface area contributed by atoms with Crippen molar-refractivity contribution in [3.05, 3.63) is 33.3 Å². The topological polar surface area (TPSA) is 86.8 Å². The molecule has 0 saturated heterocycles. The third kappa shape index (κ3) is 3.55. The molecule has 1 rings (SSSR count). The Bertz CT molecular complexity index is 394. The Morgan fingerprint density at radius 3 is 2.35 bits per heavy atom. The number of aliphatic hydroxyl groups excluding tert-OH is 2. The predicted octanol–water partition coefficient (Wildman–Crippen LogP) is 1.04. The second kappa shape index (κ2) is 6.39. The van der Waals surface area contributed by atoms with Crippen molar-refractivity contribution >= 4 is 23.0 Å². The van der Waals surface area contributed by atoms with E-state index in [1.165, 1.54) is 23.1 Å². The van der Waals surface area contributed by atoms with Gasteiger partial charge >= 0.3 is 0 Å². The van der Waals surface area contributed by atoms with Crippen LogP contribution in [0.3, 0.4) is 0 Å². The lowest BCUT2D eigenvalue weighted by molar-refractivity contribution is -0.384. The number of hydrogen-bond acceptors (Lipinski definition) is 5. The SMILES string of the molecule is O=[N+]([O-])c1cc(Cl)ccc1N(CCO)CCO. The molecule has 17 heavy (non-hydrogen) atoms. The van der Waals surface area contributed by atoms with Crippen LogP contribution < -0.4 is 4.90 Å². The number of rotatable bonds is 6. The van der Waals surface area contributed by atoms with Gasteiger partial charge in [0.15, 0.2) is 0 Å². The summed E-state index contributed by atoms with van der Waals surface area (Å²) in [5, 5.41) is 28.9. The van der Waals surface area contributed by atoms with E-state index in [1.807, 2.05) is 0 Å². The van der Waals surface area contributed by atoms with Gasteiger partial charge in [-0.05, 0) is 12.1 Å². The van der Waals surface area contributed by atoms with Gasteiger partial charge in [0, 0.05) is 24.2 Å². The van der Waals surface area contributed by atoms with E-state index in [-0.39, 0.29) is 37.0 Å². The Hall–Kier alpha value is -1.37. The normalized spacial score (nSPS) is 10.3. The summed E-state index contributed by atoms with van der Waals surface area (Å²) in [4.78, 5) is 11.9. The highest BCUT2D eigenvalue weighted by atomic mass is 35.5. The monoisotopic (exact) mass is 260 g/mol. The predicted molar refractivity (Wildman–Crippen MR) is 64.5 cm³/mol. The summed E-state index contributed by atoms with van der Waals surface area (Å²) in [5.74, 6) is 0. The van der Waals surface area contributed by atoms with Gasteiger partial charge in [-0.25, -0.2) is 0 Å². The van der Waals surface area contributed by atoms with E-state index in [0.717, 1.165) is 0 Å². The first-order chi connectivity index (χ1) is 8.10. The molecule has 0 radical (unpaired) electrons. The van der Waals surface area contributed by atoms with E-state index in [9.17, 15) is 10.1 Å². The maximum absolute atomic E-state index is 10.9. The molecule has 0 amide bonds. The second-order valence-electron chi connectivity index (χ2n) is 3.32. The zero-order valence-electron chi connectivity index (χ0n) is 9.04.